The number of hydrogen-bond donors (Lipinski definition) is 1. The molecule has 0 saturated carbocycles. The zero-order chi connectivity index (χ0) is 11.8. The van der Waals surface area contributed by atoms with Gasteiger partial charge in [-0.2, -0.15) is 0 Å². The van der Waals surface area contributed by atoms with Crippen molar-refractivity contribution in [2.24, 2.45) is 0 Å². The molecule has 0 aliphatic heterocycles. The molecule has 1 unspecified atom stereocenters. The summed E-state index contributed by atoms with van der Waals surface area (Å²) >= 11 is 0. The Morgan fingerprint density at radius 2 is 2.12 bits per heavy atom. The molecule has 0 aromatic carbocycles. The monoisotopic (exact) mass is 221 g/mol. The number of aryl methyl sites for hydroxylation is 1. The van der Waals surface area contributed by atoms with Crippen LogP contribution in [0, 0.1) is 6.92 Å². The lowest BCUT2D eigenvalue weighted by atomic mass is 10.0. The molecule has 0 radical (unpaired) electrons. The SMILES string of the molecule is CCCCCCC(O)Cc1ncccc1C. The van der Waals surface area contributed by atoms with Crippen molar-refractivity contribution in [2.45, 2.75) is 58.5 Å². The Balaban J connectivity index is 2.28. The molecule has 1 aromatic heterocycles. The van der Waals surface area contributed by atoms with Gasteiger partial charge in [-0.05, 0) is 25.0 Å². The van der Waals surface area contributed by atoms with Gasteiger partial charge in [-0.1, -0.05) is 38.7 Å². The summed E-state index contributed by atoms with van der Waals surface area (Å²) in [5, 5.41) is 9.89. The largest absolute Gasteiger partial charge is 0.393 e. The second-order valence-corrected chi connectivity index (χ2v) is 4.47. The summed E-state index contributed by atoms with van der Waals surface area (Å²) in [5.41, 5.74) is 2.21. The van der Waals surface area contributed by atoms with Crippen LogP contribution in [0.25, 0.3) is 0 Å². The van der Waals surface area contributed by atoms with E-state index in [2.05, 4.69) is 11.9 Å². The summed E-state index contributed by atoms with van der Waals surface area (Å²) in [5.74, 6) is 0. The highest BCUT2D eigenvalue weighted by Crippen LogP contribution is 2.11. The van der Waals surface area contributed by atoms with Gasteiger partial charge in [0, 0.05) is 18.3 Å². The van der Waals surface area contributed by atoms with E-state index < -0.39 is 0 Å². The molecule has 1 N–H and O–H groups in total. The fraction of sp³-hybridized carbons (Fsp3) is 0.643. The van der Waals surface area contributed by atoms with Gasteiger partial charge in [0.25, 0.3) is 0 Å². The minimum atomic E-state index is -0.231. The van der Waals surface area contributed by atoms with Crippen LogP contribution in [0.3, 0.4) is 0 Å². The summed E-state index contributed by atoms with van der Waals surface area (Å²) < 4.78 is 0. The molecular weight excluding hydrogens is 198 g/mol. The third-order valence-corrected chi connectivity index (χ3v) is 2.94. The highest BCUT2D eigenvalue weighted by Gasteiger charge is 2.07. The van der Waals surface area contributed by atoms with Crippen molar-refractivity contribution in [1.29, 1.82) is 0 Å². The molecule has 1 atom stereocenters. The van der Waals surface area contributed by atoms with E-state index >= 15 is 0 Å². The van der Waals surface area contributed by atoms with Crippen molar-refractivity contribution < 1.29 is 5.11 Å². The predicted molar refractivity (Wildman–Crippen MR) is 67.4 cm³/mol. The number of aromatic nitrogens is 1. The van der Waals surface area contributed by atoms with Gasteiger partial charge in [0.05, 0.1) is 6.10 Å². The van der Waals surface area contributed by atoms with Gasteiger partial charge < -0.3 is 5.11 Å². The first-order chi connectivity index (χ1) is 7.74. The summed E-state index contributed by atoms with van der Waals surface area (Å²) in [6.45, 7) is 4.25. The molecule has 2 nitrogen and oxygen atoms in total. The van der Waals surface area contributed by atoms with Gasteiger partial charge in [0.1, 0.15) is 0 Å². The Labute approximate surface area is 98.7 Å². The highest BCUT2D eigenvalue weighted by molar-refractivity contribution is 5.18. The average molecular weight is 221 g/mol. The molecule has 1 aromatic rings. The molecule has 0 fully saturated rings. The smallest absolute Gasteiger partial charge is 0.0595 e. The maximum Gasteiger partial charge on any atom is 0.0595 e. The van der Waals surface area contributed by atoms with Crippen LogP contribution in [0.4, 0.5) is 0 Å². The van der Waals surface area contributed by atoms with Crippen molar-refractivity contribution in [3.63, 3.8) is 0 Å². The standard InChI is InChI=1S/C14H23NO/c1-3-4-5-6-9-13(16)11-14-12(2)8-7-10-15-14/h7-8,10,13,16H,3-6,9,11H2,1-2H3. The van der Waals surface area contributed by atoms with Crippen LogP contribution < -0.4 is 0 Å². The van der Waals surface area contributed by atoms with Crippen molar-refractivity contribution in [2.75, 3.05) is 0 Å². The minimum absolute atomic E-state index is 0.231. The molecule has 0 spiro atoms. The van der Waals surface area contributed by atoms with E-state index in [1.165, 1.54) is 24.8 Å². The van der Waals surface area contributed by atoms with Crippen LogP contribution in [0.2, 0.25) is 0 Å². The van der Waals surface area contributed by atoms with E-state index in [4.69, 9.17) is 0 Å². The van der Waals surface area contributed by atoms with E-state index in [0.29, 0.717) is 6.42 Å². The zero-order valence-corrected chi connectivity index (χ0v) is 10.4. The molecule has 0 bridgehead atoms. The number of nitrogens with zero attached hydrogens (tertiary/aromatic N) is 1. The quantitative estimate of drug-likeness (QED) is 0.717. The number of rotatable bonds is 7. The number of unbranched alkanes of at least 4 members (excludes halogenated alkanes) is 3. The van der Waals surface area contributed by atoms with Crippen molar-refractivity contribution in [3.8, 4) is 0 Å². The number of hydrogen-bond acceptors (Lipinski definition) is 2. The molecular formula is C14H23NO. The van der Waals surface area contributed by atoms with E-state index in [1.807, 2.05) is 19.1 Å². The number of aliphatic hydroxyl groups is 1. The van der Waals surface area contributed by atoms with Gasteiger partial charge in [-0.25, -0.2) is 0 Å². The first-order valence-electron chi connectivity index (χ1n) is 6.32. The zero-order valence-electron chi connectivity index (χ0n) is 10.4. The van der Waals surface area contributed by atoms with Crippen molar-refractivity contribution in [3.05, 3.63) is 29.6 Å². The fourth-order valence-corrected chi connectivity index (χ4v) is 1.86. The molecule has 0 aliphatic rings. The van der Waals surface area contributed by atoms with Gasteiger partial charge in [0.2, 0.25) is 0 Å². The molecule has 0 saturated heterocycles. The van der Waals surface area contributed by atoms with Crippen LogP contribution in [-0.4, -0.2) is 16.2 Å². The second-order valence-electron chi connectivity index (χ2n) is 4.47. The first-order valence-corrected chi connectivity index (χ1v) is 6.32. The Morgan fingerprint density at radius 1 is 1.31 bits per heavy atom. The lowest BCUT2D eigenvalue weighted by molar-refractivity contribution is 0.159. The molecule has 0 amide bonds. The number of pyridine rings is 1. The van der Waals surface area contributed by atoms with E-state index in [-0.39, 0.29) is 6.10 Å². The van der Waals surface area contributed by atoms with Crippen LogP contribution in [0.1, 0.15) is 50.3 Å². The topological polar surface area (TPSA) is 33.1 Å². The van der Waals surface area contributed by atoms with E-state index in [1.54, 1.807) is 6.20 Å². The minimum Gasteiger partial charge on any atom is -0.393 e. The van der Waals surface area contributed by atoms with Crippen molar-refractivity contribution in [1.82, 2.24) is 4.98 Å². The molecule has 1 heterocycles. The van der Waals surface area contributed by atoms with Gasteiger partial charge in [-0.3, -0.25) is 4.98 Å². The lowest BCUT2D eigenvalue weighted by Gasteiger charge is -2.11. The van der Waals surface area contributed by atoms with Crippen molar-refractivity contribution >= 4 is 0 Å². The van der Waals surface area contributed by atoms with Gasteiger partial charge in [-0.15, -0.1) is 0 Å². The average Bonchev–Trinajstić information content (AvgIpc) is 2.28. The van der Waals surface area contributed by atoms with Crippen LogP contribution >= 0.6 is 0 Å². The Morgan fingerprint density at radius 3 is 2.81 bits per heavy atom. The highest BCUT2D eigenvalue weighted by atomic mass is 16.3. The van der Waals surface area contributed by atoms with Gasteiger partial charge in [0.15, 0.2) is 0 Å². The maximum atomic E-state index is 9.89. The maximum absolute atomic E-state index is 9.89. The summed E-state index contributed by atoms with van der Waals surface area (Å²) in [4.78, 5) is 4.30. The number of aliphatic hydroxyl groups excluding tert-OH is 1. The normalized spacial score (nSPS) is 12.7. The Bertz CT molecular complexity index is 299. The Hall–Kier alpha value is -0.890. The molecule has 16 heavy (non-hydrogen) atoms. The molecule has 0 aliphatic carbocycles. The van der Waals surface area contributed by atoms with E-state index in [9.17, 15) is 5.11 Å². The summed E-state index contributed by atoms with van der Waals surface area (Å²) in [6, 6.07) is 3.98. The molecule has 1 rings (SSSR count). The summed E-state index contributed by atoms with van der Waals surface area (Å²) in [6.07, 6.45) is 8.03. The third kappa shape index (κ3) is 4.75. The van der Waals surface area contributed by atoms with Gasteiger partial charge >= 0.3 is 0 Å². The molecule has 2 heteroatoms. The Kier molecular flexibility index (Phi) is 6.09. The second kappa shape index (κ2) is 7.39. The molecule has 90 valence electrons. The first kappa shape index (κ1) is 13.2. The lowest BCUT2D eigenvalue weighted by Crippen LogP contribution is -2.12. The van der Waals surface area contributed by atoms with Crippen LogP contribution in [-0.2, 0) is 6.42 Å². The predicted octanol–water partition coefficient (Wildman–Crippen LogP) is 3.26. The summed E-state index contributed by atoms with van der Waals surface area (Å²) in [7, 11) is 0. The van der Waals surface area contributed by atoms with Crippen LogP contribution in [0.15, 0.2) is 18.3 Å². The fourth-order valence-electron chi connectivity index (χ4n) is 1.86. The van der Waals surface area contributed by atoms with E-state index in [0.717, 1.165) is 18.5 Å². The van der Waals surface area contributed by atoms with Crippen LogP contribution in [0.5, 0.6) is 0 Å². The third-order valence-electron chi connectivity index (χ3n) is 2.94.